The van der Waals surface area contributed by atoms with Gasteiger partial charge < -0.3 is 25.0 Å². The molecule has 1 aromatic carbocycles. The van der Waals surface area contributed by atoms with Gasteiger partial charge in [-0.05, 0) is 30.7 Å². The van der Waals surface area contributed by atoms with Crippen LogP contribution in [0.4, 0.5) is 28.7 Å². The van der Waals surface area contributed by atoms with Crippen LogP contribution >= 0.6 is 11.6 Å². The summed E-state index contributed by atoms with van der Waals surface area (Å²) in [4.78, 5) is 23.5. The summed E-state index contributed by atoms with van der Waals surface area (Å²) in [6.45, 7) is 1.50. The summed E-state index contributed by atoms with van der Waals surface area (Å²) >= 11 is 6.26. The van der Waals surface area contributed by atoms with Gasteiger partial charge in [0.05, 0.1) is 35.3 Å². The van der Waals surface area contributed by atoms with Gasteiger partial charge in [0.1, 0.15) is 23.1 Å². The molecule has 0 aliphatic carbocycles. The molecule has 0 amide bonds. The lowest BCUT2D eigenvalue weighted by Gasteiger charge is -2.19. The van der Waals surface area contributed by atoms with Crippen molar-refractivity contribution >= 4 is 51.3 Å². The predicted molar refractivity (Wildman–Crippen MR) is 138 cm³/mol. The highest BCUT2D eigenvalue weighted by atomic mass is 35.5. The number of aromatic amines is 2. The number of rotatable bonds is 7. The molecule has 5 rings (SSSR count). The molecular weight excluding hydrogens is 484 g/mol. The highest BCUT2D eigenvalue weighted by Crippen LogP contribution is 2.36. The second kappa shape index (κ2) is 9.77. The van der Waals surface area contributed by atoms with E-state index in [0.29, 0.717) is 57.1 Å². The average molecular weight is 507 g/mol. The number of halogens is 1. The molecule has 0 unspecified atom stereocenters. The van der Waals surface area contributed by atoms with Gasteiger partial charge in [0.2, 0.25) is 0 Å². The van der Waals surface area contributed by atoms with E-state index in [1.54, 1.807) is 37.4 Å². The van der Waals surface area contributed by atoms with E-state index in [1.807, 2.05) is 6.07 Å². The minimum Gasteiger partial charge on any atom is -0.493 e. The van der Waals surface area contributed by atoms with Crippen LogP contribution in [0.3, 0.4) is 0 Å². The van der Waals surface area contributed by atoms with Crippen molar-refractivity contribution in [3.63, 3.8) is 0 Å². The Labute approximate surface area is 211 Å². The van der Waals surface area contributed by atoms with Gasteiger partial charge >= 0.3 is 0 Å². The molecule has 1 saturated heterocycles. The third kappa shape index (κ3) is 4.39. The number of hydrogen-bond donors (Lipinski definition) is 4. The summed E-state index contributed by atoms with van der Waals surface area (Å²) in [5.41, 5.74) is 2.13. The molecule has 1 aliphatic heterocycles. The third-order valence-corrected chi connectivity index (χ3v) is 6.33. The van der Waals surface area contributed by atoms with Crippen LogP contribution in [0.25, 0.3) is 11.0 Å². The minimum atomic E-state index is -0.332. The van der Waals surface area contributed by atoms with Crippen molar-refractivity contribution in [3.8, 4) is 11.8 Å². The van der Waals surface area contributed by atoms with Crippen LogP contribution in [-0.4, -0.2) is 53.6 Å². The third-order valence-electron chi connectivity index (χ3n) is 6.04. The van der Waals surface area contributed by atoms with Crippen molar-refractivity contribution in [2.24, 2.45) is 0 Å². The first-order valence-corrected chi connectivity index (χ1v) is 11.6. The summed E-state index contributed by atoms with van der Waals surface area (Å²) < 4.78 is 10.9. The maximum absolute atomic E-state index is 12.5. The molecule has 11 nitrogen and oxygen atoms in total. The zero-order valence-corrected chi connectivity index (χ0v) is 20.3. The number of para-hydroxylation sites is 1. The number of H-pyrrole nitrogens is 2. The van der Waals surface area contributed by atoms with Crippen LogP contribution in [0.1, 0.15) is 12.1 Å². The van der Waals surface area contributed by atoms with Gasteiger partial charge in [-0.15, -0.1) is 0 Å². The number of nitriles is 1. The number of ether oxygens (including phenoxy) is 2. The average Bonchev–Trinajstić information content (AvgIpc) is 3.51. The zero-order chi connectivity index (χ0) is 25.2. The van der Waals surface area contributed by atoms with Gasteiger partial charge in [-0.25, -0.2) is 9.97 Å². The van der Waals surface area contributed by atoms with E-state index in [9.17, 15) is 10.1 Å². The van der Waals surface area contributed by atoms with E-state index >= 15 is 0 Å². The van der Waals surface area contributed by atoms with Crippen molar-refractivity contribution in [3.05, 3.63) is 57.5 Å². The number of nitrogens with zero attached hydrogens (tertiary/aromatic N) is 4. The number of benzene rings is 1. The first-order chi connectivity index (χ1) is 17.5. The SMILES string of the molecule is COc1c(Cl)cccc1Nc1cc(Nc2ccc(N3CC[C@H](OC)C3)c(C#N)n2)nc2[nH][nH]c(=O)c12. The summed E-state index contributed by atoms with van der Waals surface area (Å²) in [6.07, 6.45) is 1.03. The summed E-state index contributed by atoms with van der Waals surface area (Å²) in [7, 11) is 3.21. The maximum atomic E-state index is 12.5. The Morgan fingerprint density at radius 2 is 2.00 bits per heavy atom. The van der Waals surface area contributed by atoms with Crippen molar-refractivity contribution in [1.29, 1.82) is 5.26 Å². The van der Waals surface area contributed by atoms with E-state index in [4.69, 9.17) is 21.1 Å². The van der Waals surface area contributed by atoms with Gasteiger partial charge in [-0.2, -0.15) is 5.26 Å². The summed E-state index contributed by atoms with van der Waals surface area (Å²) in [6, 6.07) is 12.8. The smallest absolute Gasteiger partial charge is 0.275 e. The van der Waals surface area contributed by atoms with E-state index < -0.39 is 0 Å². The lowest BCUT2D eigenvalue weighted by atomic mass is 10.2. The lowest BCUT2D eigenvalue weighted by Crippen LogP contribution is -2.23. The number of pyridine rings is 2. The summed E-state index contributed by atoms with van der Waals surface area (Å²) in [5.74, 6) is 1.29. The first kappa shape index (κ1) is 23.5. The molecule has 12 heteroatoms. The number of methoxy groups -OCH3 is 2. The van der Waals surface area contributed by atoms with Crippen LogP contribution in [0.5, 0.6) is 5.75 Å². The normalized spacial score (nSPS) is 15.2. The standard InChI is InChI=1S/C24H23ClN8O3/c1-35-13-8-9-33(12-13)18-6-7-19(28-17(18)11-26)29-20-10-16(21-23(30-20)31-32-24(21)34)27-15-5-3-4-14(25)22(15)36-2/h3-7,10,13H,8-9,12H2,1-2H3,(H4,27,28,29,30,31,32,34)/t13-/m0/s1. The van der Waals surface area contributed by atoms with Crippen molar-refractivity contribution in [1.82, 2.24) is 20.2 Å². The molecule has 0 spiro atoms. The first-order valence-electron chi connectivity index (χ1n) is 11.2. The van der Waals surface area contributed by atoms with Crippen molar-refractivity contribution in [2.75, 3.05) is 42.8 Å². The Balaban J connectivity index is 1.48. The zero-order valence-electron chi connectivity index (χ0n) is 19.6. The molecule has 3 aromatic heterocycles. The van der Waals surface area contributed by atoms with E-state index in [-0.39, 0.29) is 11.7 Å². The molecule has 0 bridgehead atoms. The number of nitrogens with one attached hydrogen (secondary N) is 4. The second-order valence-corrected chi connectivity index (χ2v) is 8.60. The molecule has 0 radical (unpaired) electrons. The fourth-order valence-corrected chi connectivity index (χ4v) is 4.55. The van der Waals surface area contributed by atoms with Crippen LogP contribution < -0.4 is 25.8 Å². The van der Waals surface area contributed by atoms with E-state index in [2.05, 4.69) is 41.8 Å². The van der Waals surface area contributed by atoms with Crippen LogP contribution in [0.2, 0.25) is 5.02 Å². The van der Waals surface area contributed by atoms with Gasteiger partial charge in [-0.3, -0.25) is 15.0 Å². The lowest BCUT2D eigenvalue weighted by molar-refractivity contribution is 0.121. The number of fused-ring (bicyclic) bond motifs is 1. The topological polar surface area (TPSA) is 144 Å². The van der Waals surface area contributed by atoms with Gasteiger partial charge in [-0.1, -0.05) is 17.7 Å². The quantitative estimate of drug-likeness (QED) is 0.293. The largest absolute Gasteiger partial charge is 0.493 e. The van der Waals surface area contributed by atoms with Crippen molar-refractivity contribution < 1.29 is 9.47 Å². The molecule has 1 atom stereocenters. The molecular formula is C24H23ClN8O3. The Morgan fingerprint density at radius 3 is 2.75 bits per heavy atom. The Hall–Kier alpha value is -4.27. The Morgan fingerprint density at radius 1 is 1.14 bits per heavy atom. The number of hydrogen-bond acceptors (Lipinski definition) is 9. The second-order valence-electron chi connectivity index (χ2n) is 8.20. The van der Waals surface area contributed by atoms with Gasteiger partial charge in [0.15, 0.2) is 17.1 Å². The highest BCUT2D eigenvalue weighted by molar-refractivity contribution is 6.32. The van der Waals surface area contributed by atoms with Crippen LogP contribution in [0.15, 0.2) is 41.2 Å². The van der Waals surface area contributed by atoms with E-state index in [1.165, 1.54) is 7.11 Å². The van der Waals surface area contributed by atoms with Crippen LogP contribution in [-0.2, 0) is 4.74 Å². The molecule has 1 aliphatic rings. The number of aromatic nitrogens is 4. The minimum absolute atomic E-state index is 0.137. The van der Waals surface area contributed by atoms with Gasteiger partial charge in [0, 0.05) is 26.3 Å². The van der Waals surface area contributed by atoms with Gasteiger partial charge in [0.25, 0.3) is 5.56 Å². The molecule has 184 valence electrons. The summed E-state index contributed by atoms with van der Waals surface area (Å²) in [5, 5.41) is 22.2. The molecule has 1 fully saturated rings. The monoisotopic (exact) mass is 506 g/mol. The fourth-order valence-electron chi connectivity index (χ4n) is 4.30. The molecule has 0 saturated carbocycles. The fraction of sp³-hybridized carbons (Fsp3) is 0.250. The predicted octanol–water partition coefficient (Wildman–Crippen LogP) is 3.89. The highest BCUT2D eigenvalue weighted by Gasteiger charge is 2.25. The van der Waals surface area contributed by atoms with Crippen molar-refractivity contribution in [2.45, 2.75) is 12.5 Å². The molecule has 36 heavy (non-hydrogen) atoms. The van der Waals surface area contributed by atoms with E-state index in [0.717, 1.165) is 18.7 Å². The molecule has 4 N–H and O–H groups in total. The Bertz CT molecular complexity index is 1530. The molecule has 4 aromatic rings. The van der Waals surface area contributed by atoms with Crippen LogP contribution in [0, 0.1) is 11.3 Å². The Kier molecular flexibility index (Phi) is 6.37. The number of anilines is 5. The molecule has 4 heterocycles. The maximum Gasteiger partial charge on any atom is 0.275 e.